The number of hydrogen-bond donors (Lipinski definition) is 1. The van der Waals surface area contributed by atoms with Crippen LogP contribution in [-0.4, -0.2) is 37.0 Å². The van der Waals surface area contributed by atoms with E-state index in [1.807, 2.05) is 0 Å². The fraction of sp³-hybridized carbons (Fsp3) is 0.944. The van der Waals surface area contributed by atoms with Crippen LogP contribution in [0.15, 0.2) is 0 Å². The monoisotopic (exact) mass is 290 g/mol. The van der Waals surface area contributed by atoms with Crippen molar-refractivity contribution in [2.24, 2.45) is 23.2 Å². The fourth-order valence-electron chi connectivity index (χ4n) is 5.78. The molecule has 2 saturated heterocycles. The van der Waals surface area contributed by atoms with Crippen LogP contribution in [0.5, 0.6) is 0 Å². The standard InChI is InChI=1S/C18H30N2O/c21-17(11-16-10-14-3-4-15(16)9-14)20-8-2-6-18(13-20)5-1-7-19-12-18/h14-16,19H,1-13H2. The first kappa shape index (κ1) is 14.0. The summed E-state index contributed by atoms with van der Waals surface area (Å²) in [5.74, 6) is 3.04. The quantitative estimate of drug-likeness (QED) is 0.848. The van der Waals surface area contributed by atoms with Gasteiger partial charge in [-0.3, -0.25) is 4.79 Å². The number of carbonyl (C=O) groups excluding carboxylic acids is 1. The number of likely N-dealkylation sites (tertiary alicyclic amines) is 1. The van der Waals surface area contributed by atoms with E-state index in [2.05, 4.69) is 10.2 Å². The molecular formula is C18H30N2O. The summed E-state index contributed by atoms with van der Waals surface area (Å²) in [6, 6.07) is 0. The summed E-state index contributed by atoms with van der Waals surface area (Å²) < 4.78 is 0. The molecule has 0 aromatic rings. The Morgan fingerprint density at radius 2 is 2.10 bits per heavy atom. The van der Waals surface area contributed by atoms with Crippen molar-refractivity contribution in [1.82, 2.24) is 10.2 Å². The molecule has 1 spiro atoms. The number of nitrogens with one attached hydrogen (secondary N) is 1. The number of piperidine rings is 2. The lowest BCUT2D eigenvalue weighted by Crippen LogP contribution is -2.52. The van der Waals surface area contributed by atoms with Crippen LogP contribution in [0.1, 0.15) is 57.8 Å². The normalized spacial score (nSPS) is 42.7. The van der Waals surface area contributed by atoms with Crippen molar-refractivity contribution in [3.63, 3.8) is 0 Å². The van der Waals surface area contributed by atoms with E-state index in [9.17, 15) is 4.79 Å². The summed E-state index contributed by atoms with van der Waals surface area (Å²) >= 11 is 0. The number of fused-ring (bicyclic) bond motifs is 2. The van der Waals surface area contributed by atoms with Crippen LogP contribution >= 0.6 is 0 Å². The molecular weight excluding hydrogens is 260 g/mol. The number of hydrogen-bond acceptors (Lipinski definition) is 2. The molecule has 2 heterocycles. The van der Waals surface area contributed by atoms with Gasteiger partial charge in [-0.1, -0.05) is 6.42 Å². The number of carbonyl (C=O) groups is 1. The van der Waals surface area contributed by atoms with Gasteiger partial charge >= 0.3 is 0 Å². The Morgan fingerprint density at radius 1 is 1.19 bits per heavy atom. The zero-order valence-electron chi connectivity index (χ0n) is 13.3. The summed E-state index contributed by atoms with van der Waals surface area (Å²) in [5.41, 5.74) is 0.404. The van der Waals surface area contributed by atoms with Gasteiger partial charge in [0.2, 0.25) is 5.91 Å². The van der Waals surface area contributed by atoms with Crippen molar-refractivity contribution in [3.05, 3.63) is 0 Å². The lowest BCUT2D eigenvalue weighted by Gasteiger charge is -2.45. The van der Waals surface area contributed by atoms with Crippen LogP contribution < -0.4 is 5.32 Å². The maximum Gasteiger partial charge on any atom is 0.222 e. The molecule has 2 saturated carbocycles. The van der Waals surface area contributed by atoms with Crippen molar-refractivity contribution in [2.45, 2.75) is 57.8 Å². The highest BCUT2D eigenvalue weighted by Gasteiger charge is 2.42. The van der Waals surface area contributed by atoms with Gasteiger partial charge in [0.15, 0.2) is 0 Å². The minimum absolute atomic E-state index is 0.404. The van der Waals surface area contributed by atoms with E-state index in [4.69, 9.17) is 0 Å². The summed E-state index contributed by atoms with van der Waals surface area (Å²) in [7, 11) is 0. The molecule has 118 valence electrons. The second-order valence-corrected chi connectivity index (χ2v) is 8.34. The Morgan fingerprint density at radius 3 is 2.81 bits per heavy atom. The molecule has 4 fully saturated rings. The molecule has 2 bridgehead atoms. The largest absolute Gasteiger partial charge is 0.342 e. The van der Waals surface area contributed by atoms with Gasteiger partial charge in [-0.05, 0) is 69.2 Å². The van der Waals surface area contributed by atoms with Crippen LogP contribution in [-0.2, 0) is 4.79 Å². The predicted octanol–water partition coefficient (Wildman–Crippen LogP) is 2.80. The summed E-state index contributed by atoms with van der Waals surface area (Å²) in [6.45, 7) is 4.34. The molecule has 2 aliphatic heterocycles. The van der Waals surface area contributed by atoms with Gasteiger partial charge in [0.1, 0.15) is 0 Å². The minimum atomic E-state index is 0.404. The molecule has 3 heteroatoms. The molecule has 4 unspecified atom stereocenters. The van der Waals surface area contributed by atoms with E-state index in [0.29, 0.717) is 11.3 Å². The molecule has 21 heavy (non-hydrogen) atoms. The van der Waals surface area contributed by atoms with Crippen LogP contribution in [0.4, 0.5) is 0 Å². The van der Waals surface area contributed by atoms with Gasteiger partial charge in [0, 0.05) is 31.5 Å². The average Bonchev–Trinajstić information content (AvgIpc) is 3.11. The molecule has 1 amide bonds. The lowest BCUT2D eigenvalue weighted by atomic mass is 9.74. The predicted molar refractivity (Wildman–Crippen MR) is 83.9 cm³/mol. The summed E-state index contributed by atoms with van der Waals surface area (Å²) in [6.07, 6.45) is 11.6. The van der Waals surface area contributed by atoms with Crippen molar-refractivity contribution in [2.75, 3.05) is 26.2 Å². The average molecular weight is 290 g/mol. The van der Waals surface area contributed by atoms with Crippen LogP contribution in [0.3, 0.4) is 0 Å². The van der Waals surface area contributed by atoms with E-state index in [0.717, 1.165) is 43.8 Å². The Bertz CT molecular complexity index is 397. The topological polar surface area (TPSA) is 32.3 Å². The first-order valence-electron chi connectivity index (χ1n) is 9.23. The van der Waals surface area contributed by atoms with E-state index in [1.54, 1.807) is 0 Å². The molecule has 0 aromatic heterocycles. The number of nitrogens with zero attached hydrogens (tertiary/aromatic N) is 1. The van der Waals surface area contributed by atoms with Gasteiger partial charge in [-0.15, -0.1) is 0 Å². The Balaban J connectivity index is 1.35. The molecule has 4 rings (SSSR count). The third-order valence-corrected chi connectivity index (χ3v) is 6.90. The molecule has 4 atom stereocenters. The first-order chi connectivity index (χ1) is 10.2. The zero-order chi connectivity index (χ0) is 14.3. The van der Waals surface area contributed by atoms with Gasteiger partial charge in [0.05, 0.1) is 0 Å². The Kier molecular flexibility index (Phi) is 3.72. The molecule has 1 N–H and O–H groups in total. The lowest BCUT2D eigenvalue weighted by molar-refractivity contribution is -0.136. The van der Waals surface area contributed by atoms with Crippen LogP contribution in [0.25, 0.3) is 0 Å². The van der Waals surface area contributed by atoms with E-state index < -0.39 is 0 Å². The van der Waals surface area contributed by atoms with Crippen LogP contribution in [0.2, 0.25) is 0 Å². The molecule has 0 radical (unpaired) electrons. The van der Waals surface area contributed by atoms with Crippen molar-refractivity contribution in [3.8, 4) is 0 Å². The maximum absolute atomic E-state index is 12.8. The smallest absolute Gasteiger partial charge is 0.222 e. The molecule has 3 nitrogen and oxygen atoms in total. The molecule has 2 aliphatic carbocycles. The zero-order valence-corrected chi connectivity index (χ0v) is 13.3. The van der Waals surface area contributed by atoms with E-state index in [-0.39, 0.29) is 0 Å². The second kappa shape index (κ2) is 5.57. The van der Waals surface area contributed by atoms with E-state index in [1.165, 1.54) is 57.9 Å². The highest BCUT2D eigenvalue weighted by molar-refractivity contribution is 5.76. The van der Waals surface area contributed by atoms with Crippen molar-refractivity contribution >= 4 is 5.91 Å². The Hall–Kier alpha value is -0.570. The third kappa shape index (κ3) is 2.74. The van der Waals surface area contributed by atoms with Gasteiger partial charge in [-0.25, -0.2) is 0 Å². The Labute approximate surface area is 128 Å². The fourth-order valence-corrected chi connectivity index (χ4v) is 5.78. The highest BCUT2D eigenvalue weighted by atomic mass is 16.2. The van der Waals surface area contributed by atoms with Crippen molar-refractivity contribution in [1.29, 1.82) is 0 Å². The second-order valence-electron chi connectivity index (χ2n) is 8.34. The van der Waals surface area contributed by atoms with Gasteiger partial charge < -0.3 is 10.2 Å². The minimum Gasteiger partial charge on any atom is -0.342 e. The van der Waals surface area contributed by atoms with Gasteiger partial charge in [-0.2, -0.15) is 0 Å². The maximum atomic E-state index is 12.8. The first-order valence-corrected chi connectivity index (χ1v) is 9.23. The van der Waals surface area contributed by atoms with Crippen molar-refractivity contribution < 1.29 is 4.79 Å². The van der Waals surface area contributed by atoms with E-state index >= 15 is 0 Å². The summed E-state index contributed by atoms with van der Waals surface area (Å²) in [5, 5.41) is 3.56. The highest BCUT2D eigenvalue weighted by Crippen LogP contribution is 2.49. The van der Waals surface area contributed by atoms with Crippen LogP contribution in [0, 0.1) is 23.2 Å². The third-order valence-electron chi connectivity index (χ3n) is 6.90. The SMILES string of the molecule is O=C(CC1CC2CCC1C2)N1CCCC2(CCCNC2)C1. The molecule has 4 aliphatic rings. The summed E-state index contributed by atoms with van der Waals surface area (Å²) in [4.78, 5) is 15.0. The number of rotatable bonds is 2. The molecule has 0 aromatic carbocycles. The number of amides is 1. The van der Waals surface area contributed by atoms with Gasteiger partial charge in [0.25, 0.3) is 0 Å².